The molecule has 0 radical (unpaired) electrons. The van der Waals surface area contributed by atoms with Gasteiger partial charge >= 0.3 is 0 Å². The summed E-state index contributed by atoms with van der Waals surface area (Å²) in [4.78, 5) is 27.3. The molecule has 1 aliphatic heterocycles. The third-order valence-electron chi connectivity index (χ3n) is 5.09. The largest absolute Gasteiger partial charge is 0.508 e. The molecule has 1 fully saturated rings. The van der Waals surface area contributed by atoms with E-state index in [0.29, 0.717) is 29.9 Å². The van der Waals surface area contributed by atoms with Crippen molar-refractivity contribution >= 4 is 17.4 Å². The van der Waals surface area contributed by atoms with Gasteiger partial charge in [-0.05, 0) is 50.1 Å². The Kier molecular flexibility index (Phi) is 6.97. The zero-order valence-electron chi connectivity index (χ0n) is 17.9. The molecule has 164 valence electrons. The van der Waals surface area contributed by atoms with E-state index in [0.717, 1.165) is 0 Å². The van der Waals surface area contributed by atoms with E-state index >= 15 is 0 Å². The Morgan fingerprint density at radius 1 is 1.13 bits per heavy atom. The average molecular weight is 425 g/mol. The lowest BCUT2D eigenvalue weighted by Gasteiger charge is -2.25. The van der Waals surface area contributed by atoms with Gasteiger partial charge in [0.15, 0.2) is 0 Å². The summed E-state index contributed by atoms with van der Waals surface area (Å²) in [5, 5.41) is 20.7. The SMILES string of the molecule is COc1cccc(C(O)=C2C(=O)C(=O)N(CCCOC(C)C)[C@H]2c2ccc(O)cc2)c1. The number of rotatable bonds is 8. The van der Waals surface area contributed by atoms with Crippen molar-refractivity contribution in [1.29, 1.82) is 0 Å². The fraction of sp³-hybridized carbons (Fsp3) is 0.333. The maximum atomic E-state index is 13.0. The van der Waals surface area contributed by atoms with E-state index in [9.17, 15) is 19.8 Å². The standard InChI is InChI=1S/C24H27NO6/c1-15(2)31-13-5-12-25-21(16-8-10-18(26)11-9-16)20(23(28)24(25)29)22(27)17-6-4-7-19(14-17)30-3/h4,6-11,14-15,21,26-27H,5,12-13H2,1-3H3/t21-/m0/s1. The van der Waals surface area contributed by atoms with Crippen molar-refractivity contribution in [2.45, 2.75) is 32.4 Å². The molecule has 7 heteroatoms. The number of aromatic hydroxyl groups is 1. The molecule has 2 N–H and O–H groups in total. The molecule has 1 aliphatic rings. The number of carbonyl (C=O) groups is 2. The summed E-state index contributed by atoms with van der Waals surface area (Å²) in [6.07, 6.45) is 0.607. The number of phenolic OH excluding ortho intramolecular Hbond substituents is 1. The lowest BCUT2D eigenvalue weighted by Crippen LogP contribution is -2.31. The van der Waals surface area contributed by atoms with E-state index in [1.165, 1.54) is 24.1 Å². The van der Waals surface area contributed by atoms with Crippen LogP contribution in [-0.4, -0.2) is 53.2 Å². The Bertz CT molecular complexity index is 980. The fourth-order valence-corrected chi connectivity index (χ4v) is 3.59. The zero-order chi connectivity index (χ0) is 22.5. The van der Waals surface area contributed by atoms with Gasteiger partial charge < -0.3 is 24.6 Å². The van der Waals surface area contributed by atoms with Crippen molar-refractivity contribution in [1.82, 2.24) is 4.90 Å². The van der Waals surface area contributed by atoms with Crippen LogP contribution in [0.2, 0.25) is 0 Å². The molecule has 0 spiro atoms. The molecule has 0 saturated carbocycles. The molecule has 3 rings (SSSR count). The van der Waals surface area contributed by atoms with Crippen LogP contribution < -0.4 is 4.74 Å². The van der Waals surface area contributed by atoms with Crippen LogP contribution in [0.4, 0.5) is 0 Å². The van der Waals surface area contributed by atoms with Gasteiger partial charge in [-0.15, -0.1) is 0 Å². The van der Waals surface area contributed by atoms with Crippen molar-refractivity contribution in [2.24, 2.45) is 0 Å². The molecule has 1 atom stereocenters. The van der Waals surface area contributed by atoms with Crippen LogP contribution in [0.15, 0.2) is 54.1 Å². The number of amides is 1. The molecule has 0 aromatic heterocycles. The number of methoxy groups -OCH3 is 1. The van der Waals surface area contributed by atoms with Crippen LogP contribution in [0, 0.1) is 0 Å². The third-order valence-corrected chi connectivity index (χ3v) is 5.09. The number of likely N-dealkylation sites (tertiary alicyclic amines) is 1. The first-order chi connectivity index (χ1) is 14.8. The van der Waals surface area contributed by atoms with Gasteiger partial charge in [0.1, 0.15) is 17.3 Å². The summed E-state index contributed by atoms with van der Waals surface area (Å²) in [6.45, 7) is 4.59. The predicted octanol–water partition coefficient (Wildman–Crippen LogP) is 3.64. The number of aliphatic hydroxyl groups excluding tert-OH is 1. The van der Waals surface area contributed by atoms with E-state index in [4.69, 9.17) is 9.47 Å². The summed E-state index contributed by atoms with van der Waals surface area (Å²) in [6, 6.07) is 12.2. The second-order valence-electron chi connectivity index (χ2n) is 7.59. The Morgan fingerprint density at radius 3 is 2.48 bits per heavy atom. The Balaban J connectivity index is 2.03. The van der Waals surface area contributed by atoms with E-state index in [1.54, 1.807) is 36.4 Å². The van der Waals surface area contributed by atoms with Crippen LogP contribution in [0.25, 0.3) is 5.76 Å². The van der Waals surface area contributed by atoms with Crippen molar-refractivity contribution < 1.29 is 29.3 Å². The van der Waals surface area contributed by atoms with Crippen LogP contribution in [-0.2, 0) is 14.3 Å². The van der Waals surface area contributed by atoms with Crippen LogP contribution >= 0.6 is 0 Å². The monoisotopic (exact) mass is 425 g/mol. The maximum Gasteiger partial charge on any atom is 0.295 e. The van der Waals surface area contributed by atoms with Gasteiger partial charge in [-0.25, -0.2) is 0 Å². The van der Waals surface area contributed by atoms with Crippen molar-refractivity contribution in [3.63, 3.8) is 0 Å². The van der Waals surface area contributed by atoms with Crippen LogP contribution in [0.1, 0.15) is 37.4 Å². The molecule has 0 aliphatic carbocycles. The van der Waals surface area contributed by atoms with Gasteiger partial charge in [0.25, 0.3) is 11.7 Å². The predicted molar refractivity (Wildman–Crippen MR) is 116 cm³/mol. The number of carbonyl (C=O) groups excluding carboxylic acids is 2. The van der Waals surface area contributed by atoms with Gasteiger partial charge in [-0.3, -0.25) is 9.59 Å². The van der Waals surface area contributed by atoms with E-state index in [-0.39, 0.29) is 29.7 Å². The van der Waals surface area contributed by atoms with Crippen molar-refractivity contribution in [3.05, 3.63) is 65.2 Å². The van der Waals surface area contributed by atoms with Gasteiger partial charge in [-0.1, -0.05) is 24.3 Å². The summed E-state index contributed by atoms with van der Waals surface area (Å²) in [7, 11) is 1.51. The maximum absolute atomic E-state index is 13.0. The number of benzene rings is 2. The summed E-state index contributed by atoms with van der Waals surface area (Å²) in [5.41, 5.74) is 1.00. The number of hydrogen-bond acceptors (Lipinski definition) is 6. The molecular formula is C24H27NO6. The van der Waals surface area contributed by atoms with Gasteiger partial charge in [0, 0.05) is 18.7 Å². The number of ketones is 1. The quantitative estimate of drug-likeness (QED) is 0.290. The molecule has 7 nitrogen and oxygen atoms in total. The molecule has 1 saturated heterocycles. The average Bonchev–Trinajstić information content (AvgIpc) is 3.01. The molecular weight excluding hydrogens is 398 g/mol. The first-order valence-corrected chi connectivity index (χ1v) is 10.2. The number of nitrogens with zero attached hydrogens (tertiary/aromatic N) is 1. The highest BCUT2D eigenvalue weighted by molar-refractivity contribution is 6.46. The lowest BCUT2D eigenvalue weighted by atomic mass is 9.95. The molecule has 1 amide bonds. The highest BCUT2D eigenvalue weighted by atomic mass is 16.5. The molecule has 31 heavy (non-hydrogen) atoms. The van der Waals surface area contributed by atoms with Gasteiger partial charge in [-0.2, -0.15) is 0 Å². The van der Waals surface area contributed by atoms with Gasteiger partial charge in [0.05, 0.1) is 24.8 Å². The van der Waals surface area contributed by atoms with Crippen molar-refractivity contribution in [2.75, 3.05) is 20.3 Å². The molecule has 1 heterocycles. The Labute approximate surface area is 181 Å². The minimum absolute atomic E-state index is 0.00807. The number of ether oxygens (including phenoxy) is 2. The van der Waals surface area contributed by atoms with E-state index in [2.05, 4.69) is 0 Å². The summed E-state index contributed by atoms with van der Waals surface area (Å²) < 4.78 is 10.8. The normalized spacial score (nSPS) is 18.1. The number of aliphatic hydroxyl groups is 1. The second kappa shape index (κ2) is 9.66. The minimum atomic E-state index is -0.772. The second-order valence-corrected chi connectivity index (χ2v) is 7.59. The van der Waals surface area contributed by atoms with Crippen LogP contribution in [0.5, 0.6) is 11.5 Å². The highest BCUT2D eigenvalue weighted by Gasteiger charge is 2.45. The molecule has 2 aromatic carbocycles. The number of Topliss-reactive ketones (excluding diaryl/α,β-unsaturated/α-hetero) is 1. The summed E-state index contributed by atoms with van der Waals surface area (Å²) in [5.74, 6) is -1.10. The van der Waals surface area contributed by atoms with E-state index in [1.807, 2.05) is 13.8 Å². The third kappa shape index (κ3) is 4.88. The van der Waals surface area contributed by atoms with Crippen LogP contribution in [0.3, 0.4) is 0 Å². The lowest BCUT2D eigenvalue weighted by molar-refractivity contribution is -0.140. The molecule has 0 unspecified atom stereocenters. The Morgan fingerprint density at radius 2 is 1.84 bits per heavy atom. The topological polar surface area (TPSA) is 96.3 Å². The number of phenols is 1. The smallest absolute Gasteiger partial charge is 0.295 e. The number of hydrogen-bond donors (Lipinski definition) is 2. The zero-order valence-corrected chi connectivity index (χ0v) is 17.9. The summed E-state index contributed by atoms with van der Waals surface area (Å²) >= 11 is 0. The van der Waals surface area contributed by atoms with Crippen molar-refractivity contribution in [3.8, 4) is 11.5 Å². The van der Waals surface area contributed by atoms with Gasteiger partial charge in [0.2, 0.25) is 0 Å². The highest BCUT2D eigenvalue weighted by Crippen LogP contribution is 2.40. The molecule has 0 bridgehead atoms. The van der Waals surface area contributed by atoms with E-state index < -0.39 is 17.7 Å². The first-order valence-electron chi connectivity index (χ1n) is 10.2. The first kappa shape index (κ1) is 22.4. The molecule has 2 aromatic rings. The minimum Gasteiger partial charge on any atom is -0.508 e. The Hall–Kier alpha value is -3.32. The fourth-order valence-electron chi connectivity index (χ4n) is 3.59.